The molecule has 2 aliphatic rings. The number of benzene rings is 1. The largest absolute Gasteiger partial charge is 0.478 e. The van der Waals surface area contributed by atoms with Crippen LogP contribution in [0, 0.1) is 5.92 Å². The lowest BCUT2D eigenvalue weighted by Gasteiger charge is -2.16. The molecule has 1 saturated carbocycles. The summed E-state index contributed by atoms with van der Waals surface area (Å²) in [5, 5.41) is 11.8. The minimum absolute atomic E-state index is 0.0553. The Balaban J connectivity index is 1.90. The monoisotopic (exact) mass is 275 g/mol. The number of nitrogens with one attached hydrogen (secondary N) is 1. The fourth-order valence-corrected chi connectivity index (χ4v) is 1.97. The Morgan fingerprint density at radius 2 is 1.90 bits per heavy atom. The van der Waals surface area contributed by atoms with Crippen molar-refractivity contribution in [2.24, 2.45) is 5.92 Å². The molecule has 1 heterocycles. The lowest BCUT2D eigenvalue weighted by Crippen LogP contribution is -2.16. The van der Waals surface area contributed by atoms with Crippen molar-refractivity contribution in [1.82, 2.24) is 0 Å². The second-order valence-electron chi connectivity index (χ2n) is 4.75. The van der Waals surface area contributed by atoms with Crippen LogP contribution in [0.1, 0.15) is 35.1 Å². The highest BCUT2D eigenvalue weighted by atomic mass is 16.7. The molecule has 0 spiro atoms. The predicted molar refractivity (Wildman–Crippen MR) is 68.8 cm³/mol. The maximum atomic E-state index is 11.8. The standard InChI is InChI=1S/C14H13NO5/c16-12(8-1-2-8)15-11-4-3-9(13(17)18)7-10(11)14-19-5-6-20-14/h3-8,14H,1-2H2,(H,15,16)(H,17,18). The van der Waals surface area contributed by atoms with Crippen LogP contribution in [0.15, 0.2) is 30.7 Å². The zero-order chi connectivity index (χ0) is 14.1. The van der Waals surface area contributed by atoms with E-state index in [-0.39, 0.29) is 17.4 Å². The number of carbonyl (C=O) groups excluding carboxylic acids is 1. The molecule has 1 amide bonds. The lowest BCUT2D eigenvalue weighted by molar-refractivity contribution is -0.117. The Bertz CT molecular complexity index is 583. The van der Waals surface area contributed by atoms with E-state index in [0.29, 0.717) is 11.3 Å². The molecule has 0 aromatic heterocycles. The molecule has 6 nitrogen and oxygen atoms in total. The van der Waals surface area contributed by atoms with Crippen molar-refractivity contribution < 1.29 is 24.2 Å². The summed E-state index contributed by atoms with van der Waals surface area (Å²) in [5.74, 6) is -1.04. The molecule has 0 saturated heterocycles. The van der Waals surface area contributed by atoms with Crippen LogP contribution in [0.2, 0.25) is 0 Å². The number of hydrogen-bond acceptors (Lipinski definition) is 4. The average molecular weight is 275 g/mol. The number of carboxylic acids is 1. The summed E-state index contributed by atoms with van der Waals surface area (Å²) < 4.78 is 10.5. The van der Waals surface area contributed by atoms with Gasteiger partial charge in [0.25, 0.3) is 6.29 Å². The van der Waals surface area contributed by atoms with E-state index in [0.717, 1.165) is 12.8 Å². The van der Waals surface area contributed by atoms with E-state index in [1.807, 2.05) is 0 Å². The third kappa shape index (κ3) is 2.45. The highest BCUT2D eigenvalue weighted by Crippen LogP contribution is 2.34. The van der Waals surface area contributed by atoms with Crippen molar-refractivity contribution in [1.29, 1.82) is 0 Å². The fourth-order valence-electron chi connectivity index (χ4n) is 1.97. The van der Waals surface area contributed by atoms with Crippen LogP contribution in [0.3, 0.4) is 0 Å². The average Bonchev–Trinajstić information content (AvgIpc) is 3.15. The van der Waals surface area contributed by atoms with Gasteiger partial charge >= 0.3 is 5.97 Å². The minimum Gasteiger partial charge on any atom is -0.478 e. The summed E-state index contributed by atoms with van der Waals surface area (Å²) in [4.78, 5) is 22.9. The highest BCUT2D eigenvalue weighted by molar-refractivity contribution is 5.96. The van der Waals surface area contributed by atoms with Crippen LogP contribution in [0.4, 0.5) is 5.69 Å². The number of aromatic carboxylic acids is 1. The van der Waals surface area contributed by atoms with Crippen LogP contribution in [-0.2, 0) is 14.3 Å². The number of carboxylic acid groups (broad SMARTS) is 1. The van der Waals surface area contributed by atoms with Crippen LogP contribution < -0.4 is 5.32 Å². The van der Waals surface area contributed by atoms with Gasteiger partial charge < -0.3 is 19.9 Å². The van der Waals surface area contributed by atoms with E-state index in [9.17, 15) is 9.59 Å². The van der Waals surface area contributed by atoms with Crippen LogP contribution in [0.5, 0.6) is 0 Å². The topological polar surface area (TPSA) is 84.9 Å². The Kier molecular flexibility index (Phi) is 3.06. The van der Waals surface area contributed by atoms with Crippen LogP contribution in [0.25, 0.3) is 0 Å². The molecule has 0 radical (unpaired) electrons. The van der Waals surface area contributed by atoms with Gasteiger partial charge in [0.15, 0.2) is 0 Å². The SMILES string of the molecule is O=C(O)c1ccc(NC(=O)C2CC2)c(C2OC=CO2)c1. The highest BCUT2D eigenvalue weighted by Gasteiger charge is 2.31. The third-order valence-corrected chi connectivity index (χ3v) is 3.22. The Labute approximate surface area is 115 Å². The smallest absolute Gasteiger partial charge is 0.335 e. The fraction of sp³-hybridized carbons (Fsp3) is 0.286. The van der Waals surface area contributed by atoms with E-state index >= 15 is 0 Å². The zero-order valence-corrected chi connectivity index (χ0v) is 10.5. The van der Waals surface area contributed by atoms with Gasteiger partial charge in [-0.2, -0.15) is 0 Å². The summed E-state index contributed by atoms with van der Waals surface area (Å²) >= 11 is 0. The first-order chi connectivity index (χ1) is 9.65. The van der Waals surface area contributed by atoms with Crippen molar-refractivity contribution in [3.05, 3.63) is 41.9 Å². The summed E-state index contributed by atoms with van der Waals surface area (Å²) in [5.41, 5.74) is 1.12. The molecular formula is C14H13NO5. The summed E-state index contributed by atoms with van der Waals surface area (Å²) in [6, 6.07) is 4.45. The van der Waals surface area contributed by atoms with Crippen molar-refractivity contribution in [2.45, 2.75) is 19.1 Å². The van der Waals surface area contributed by atoms with Gasteiger partial charge in [-0.3, -0.25) is 4.79 Å². The van der Waals surface area contributed by atoms with Gasteiger partial charge in [0.1, 0.15) is 12.5 Å². The van der Waals surface area contributed by atoms with Crippen molar-refractivity contribution in [3.63, 3.8) is 0 Å². The van der Waals surface area contributed by atoms with Crippen molar-refractivity contribution >= 4 is 17.6 Å². The van der Waals surface area contributed by atoms with Gasteiger partial charge in [-0.1, -0.05) is 0 Å². The molecule has 104 valence electrons. The molecule has 0 bridgehead atoms. The first kappa shape index (κ1) is 12.5. The van der Waals surface area contributed by atoms with Gasteiger partial charge in [-0.15, -0.1) is 0 Å². The van der Waals surface area contributed by atoms with E-state index in [1.165, 1.54) is 24.7 Å². The molecule has 1 aromatic rings. The van der Waals surface area contributed by atoms with Gasteiger partial charge in [0, 0.05) is 5.92 Å². The first-order valence-corrected chi connectivity index (χ1v) is 6.29. The molecule has 0 atom stereocenters. The third-order valence-electron chi connectivity index (χ3n) is 3.22. The molecule has 6 heteroatoms. The minimum atomic E-state index is -1.04. The molecular weight excluding hydrogens is 262 g/mol. The molecule has 1 aliphatic heterocycles. The summed E-state index contributed by atoms with van der Waals surface area (Å²) in [7, 11) is 0. The second kappa shape index (κ2) is 4.88. The first-order valence-electron chi connectivity index (χ1n) is 6.29. The zero-order valence-electron chi connectivity index (χ0n) is 10.5. The number of amides is 1. The molecule has 2 N–H and O–H groups in total. The maximum Gasteiger partial charge on any atom is 0.335 e. The predicted octanol–water partition coefficient (Wildman–Crippen LogP) is 2.25. The number of hydrogen-bond donors (Lipinski definition) is 2. The van der Waals surface area contributed by atoms with Gasteiger partial charge in [-0.05, 0) is 31.0 Å². The van der Waals surface area contributed by atoms with E-state index in [2.05, 4.69) is 5.32 Å². The van der Waals surface area contributed by atoms with Gasteiger partial charge in [0.05, 0.1) is 16.8 Å². The number of ether oxygens (including phenoxy) is 2. The normalized spacial score (nSPS) is 17.4. The molecule has 1 aromatic carbocycles. The van der Waals surface area contributed by atoms with Crippen LogP contribution in [-0.4, -0.2) is 17.0 Å². The number of anilines is 1. The number of rotatable bonds is 4. The Hall–Kier alpha value is -2.50. The quantitative estimate of drug-likeness (QED) is 0.880. The van der Waals surface area contributed by atoms with Crippen LogP contribution >= 0.6 is 0 Å². The molecule has 1 fully saturated rings. The van der Waals surface area contributed by atoms with Gasteiger partial charge in [-0.25, -0.2) is 4.79 Å². The van der Waals surface area contributed by atoms with Crippen molar-refractivity contribution in [2.75, 3.05) is 5.32 Å². The molecule has 20 heavy (non-hydrogen) atoms. The lowest BCUT2D eigenvalue weighted by atomic mass is 10.1. The molecule has 0 unspecified atom stereocenters. The summed E-state index contributed by atoms with van der Waals surface area (Å²) in [6.45, 7) is 0. The van der Waals surface area contributed by atoms with E-state index < -0.39 is 12.3 Å². The van der Waals surface area contributed by atoms with Crippen molar-refractivity contribution in [3.8, 4) is 0 Å². The second-order valence-corrected chi connectivity index (χ2v) is 4.75. The number of carbonyl (C=O) groups is 2. The Morgan fingerprint density at radius 1 is 1.20 bits per heavy atom. The van der Waals surface area contributed by atoms with Gasteiger partial charge in [0.2, 0.25) is 5.91 Å². The maximum absolute atomic E-state index is 11.8. The van der Waals surface area contributed by atoms with E-state index in [1.54, 1.807) is 6.07 Å². The molecule has 3 rings (SSSR count). The Morgan fingerprint density at radius 3 is 2.50 bits per heavy atom. The summed E-state index contributed by atoms with van der Waals surface area (Å²) in [6.07, 6.45) is 3.82. The molecule has 1 aliphatic carbocycles. The van der Waals surface area contributed by atoms with E-state index in [4.69, 9.17) is 14.6 Å².